The van der Waals surface area contributed by atoms with Gasteiger partial charge in [0.2, 0.25) is 0 Å². The van der Waals surface area contributed by atoms with Gasteiger partial charge >= 0.3 is 6.36 Å². The molecule has 7 heteroatoms. The quantitative estimate of drug-likeness (QED) is 0.906. The molecule has 0 unspecified atom stereocenters. The molecule has 3 nitrogen and oxygen atoms in total. The summed E-state index contributed by atoms with van der Waals surface area (Å²) in [7, 11) is 0. The van der Waals surface area contributed by atoms with Crippen LogP contribution in [0.3, 0.4) is 0 Å². The number of ether oxygens (including phenoxy) is 1. The van der Waals surface area contributed by atoms with Gasteiger partial charge in [-0.05, 0) is 24.3 Å². The normalized spacial score (nSPS) is 11.0. The Hall–Kier alpha value is -2.21. The molecule has 1 amide bonds. The molecule has 0 bridgehead atoms. The second-order valence-electron chi connectivity index (χ2n) is 4.01. The number of nitrogens with one attached hydrogen (secondary N) is 1. The summed E-state index contributed by atoms with van der Waals surface area (Å²) in [6, 6.07) is 11.3. The standard InChI is InChI=1S/C14H9ClF3NO2/c15-12-7-2-1-6-11(12)13(20)19-9-4-3-5-10(8-9)21-14(16,17)18/h1-8H,(H,19,20). The van der Waals surface area contributed by atoms with E-state index in [2.05, 4.69) is 10.1 Å². The zero-order valence-electron chi connectivity index (χ0n) is 10.4. The van der Waals surface area contributed by atoms with Crippen LogP contribution in [0.5, 0.6) is 5.75 Å². The fourth-order valence-corrected chi connectivity index (χ4v) is 1.84. The highest BCUT2D eigenvalue weighted by atomic mass is 35.5. The Kier molecular flexibility index (Phi) is 4.37. The molecule has 110 valence electrons. The number of alkyl halides is 3. The van der Waals surface area contributed by atoms with E-state index in [9.17, 15) is 18.0 Å². The Morgan fingerprint density at radius 3 is 2.48 bits per heavy atom. The summed E-state index contributed by atoms with van der Waals surface area (Å²) in [5.74, 6) is -0.941. The fraction of sp³-hybridized carbons (Fsp3) is 0.0714. The predicted molar refractivity (Wildman–Crippen MR) is 72.5 cm³/mol. The van der Waals surface area contributed by atoms with E-state index in [1.54, 1.807) is 18.2 Å². The van der Waals surface area contributed by atoms with Crippen LogP contribution in [-0.4, -0.2) is 12.3 Å². The van der Waals surface area contributed by atoms with Crippen molar-refractivity contribution in [2.45, 2.75) is 6.36 Å². The van der Waals surface area contributed by atoms with Crippen LogP contribution in [0.2, 0.25) is 5.02 Å². The van der Waals surface area contributed by atoms with Crippen molar-refractivity contribution in [3.8, 4) is 5.75 Å². The smallest absolute Gasteiger partial charge is 0.406 e. The Morgan fingerprint density at radius 1 is 1.10 bits per heavy atom. The van der Waals surface area contributed by atoms with Crippen molar-refractivity contribution >= 4 is 23.2 Å². The van der Waals surface area contributed by atoms with Crippen LogP contribution in [0.4, 0.5) is 18.9 Å². The zero-order valence-corrected chi connectivity index (χ0v) is 11.2. The lowest BCUT2D eigenvalue weighted by Crippen LogP contribution is -2.17. The minimum atomic E-state index is -4.79. The number of benzene rings is 2. The molecule has 0 heterocycles. The SMILES string of the molecule is O=C(Nc1cccc(OC(F)(F)F)c1)c1ccccc1Cl. The van der Waals surface area contributed by atoms with Crippen LogP contribution in [-0.2, 0) is 0 Å². The van der Waals surface area contributed by atoms with Gasteiger partial charge in [-0.2, -0.15) is 0 Å². The molecular weight excluding hydrogens is 307 g/mol. The topological polar surface area (TPSA) is 38.3 Å². The van der Waals surface area contributed by atoms with Gasteiger partial charge in [0.05, 0.1) is 10.6 Å². The predicted octanol–water partition coefficient (Wildman–Crippen LogP) is 4.49. The summed E-state index contributed by atoms with van der Waals surface area (Å²) in [4.78, 5) is 12.0. The highest BCUT2D eigenvalue weighted by Gasteiger charge is 2.31. The minimum absolute atomic E-state index is 0.168. The van der Waals surface area contributed by atoms with E-state index >= 15 is 0 Å². The average Bonchev–Trinajstić information content (AvgIpc) is 2.37. The molecule has 2 aromatic carbocycles. The van der Waals surface area contributed by atoms with E-state index in [0.717, 1.165) is 12.1 Å². The molecule has 0 spiro atoms. The van der Waals surface area contributed by atoms with E-state index < -0.39 is 18.0 Å². The first-order valence-corrected chi connectivity index (χ1v) is 6.14. The van der Waals surface area contributed by atoms with Gasteiger partial charge in [-0.25, -0.2) is 0 Å². The van der Waals surface area contributed by atoms with E-state index in [0.29, 0.717) is 0 Å². The van der Waals surface area contributed by atoms with Gasteiger partial charge in [0.15, 0.2) is 0 Å². The first kappa shape index (κ1) is 15.2. The summed E-state index contributed by atoms with van der Waals surface area (Å²) < 4.78 is 40.2. The summed E-state index contributed by atoms with van der Waals surface area (Å²) in [5, 5.41) is 2.70. The summed E-state index contributed by atoms with van der Waals surface area (Å²) in [6.45, 7) is 0. The Balaban J connectivity index is 2.15. The second kappa shape index (κ2) is 6.05. The molecule has 0 aromatic heterocycles. The lowest BCUT2D eigenvalue weighted by molar-refractivity contribution is -0.274. The van der Waals surface area contributed by atoms with Crippen LogP contribution in [0.15, 0.2) is 48.5 Å². The molecule has 1 N–H and O–H groups in total. The Bertz CT molecular complexity index is 659. The molecule has 2 aromatic rings. The Morgan fingerprint density at radius 2 is 1.81 bits per heavy atom. The summed E-state index contributed by atoms with van der Waals surface area (Å²) >= 11 is 5.87. The number of rotatable bonds is 3. The second-order valence-corrected chi connectivity index (χ2v) is 4.42. The minimum Gasteiger partial charge on any atom is -0.406 e. The number of carbonyl (C=O) groups excluding carboxylic acids is 1. The van der Waals surface area contributed by atoms with Crippen LogP contribution in [0, 0.1) is 0 Å². The van der Waals surface area contributed by atoms with Crippen molar-refractivity contribution in [3.05, 3.63) is 59.1 Å². The molecule has 0 aliphatic carbocycles. The molecule has 2 rings (SSSR count). The van der Waals surface area contributed by atoms with E-state index in [1.807, 2.05) is 0 Å². The maximum atomic E-state index is 12.1. The molecule has 0 saturated heterocycles. The van der Waals surface area contributed by atoms with Crippen LogP contribution >= 0.6 is 11.6 Å². The zero-order chi connectivity index (χ0) is 15.5. The van der Waals surface area contributed by atoms with Gasteiger partial charge in [-0.1, -0.05) is 29.8 Å². The fourth-order valence-electron chi connectivity index (χ4n) is 1.61. The average molecular weight is 316 g/mol. The number of amides is 1. The number of hydrogen-bond donors (Lipinski definition) is 1. The Labute approximate surface area is 123 Å². The maximum Gasteiger partial charge on any atom is 0.573 e. The molecule has 0 saturated carbocycles. The third-order valence-corrected chi connectivity index (χ3v) is 2.77. The third-order valence-electron chi connectivity index (χ3n) is 2.44. The highest BCUT2D eigenvalue weighted by molar-refractivity contribution is 6.34. The summed E-state index contributed by atoms with van der Waals surface area (Å²) in [6.07, 6.45) is -4.79. The summed E-state index contributed by atoms with van der Waals surface area (Å²) in [5.41, 5.74) is 0.392. The van der Waals surface area contributed by atoms with Gasteiger partial charge in [-0.3, -0.25) is 4.79 Å². The van der Waals surface area contributed by atoms with Crippen molar-refractivity contribution in [2.75, 3.05) is 5.32 Å². The molecular formula is C14H9ClF3NO2. The van der Waals surface area contributed by atoms with Crippen molar-refractivity contribution in [2.24, 2.45) is 0 Å². The largest absolute Gasteiger partial charge is 0.573 e. The molecule has 0 fully saturated rings. The molecule has 0 aliphatic rings. The van der Waals surface area contributed by atoms with Gasteiger partial charge < -0.3 is 10.1 Å². The third kappa shape index (κ3) is 4.39. The van der Waals surface area contributed by atoms with Gasteiger partial charge in [0.1, 0.15) is 5.75 Å². The molecule has 0 atom stereocenters. The first-order valence-electron chi connectivity index (χ1n) is 5.77. The molecule has 0 aliphatic heterocycles. The van der Waals surface area contributed by atoms with Gasteiger partial charge in [-0.15, -0.1) is 13.2 Å². The maximum absolute atomic E-state index is 12.1. The first-order chi connectivity index (χ1) is 9.85. The number of carbonyl (C=O) groups is 1. The lowest BCUT2D eigenvalue weighted by Gasteiger charge is -2.11. The van der Waals surface area contributed by atoms with E-state index in [-0.39, 0.29) is 16.3 Å². The van der Waals surface area contributed by atoms with Crippen LogP contribution < -0.4 is 10.1 Å². The molecule has 0 radical (unpaired) electrons. The lowest BCUT2D eigenvalue weighted by atomic mass is 10.2. The van der Waals surface area contributed by atoms with Crippen molar-refractivity contribution in [1.82, 2.24) is 0 Å². The number of halogens is 4. The van der Waals surface area contributed by atoms with Crippen LogP contribution in [0.25, 0.3) is 0 Å². The van der Waals surface area contributed by atoms with Crippen molar-refractivity contribution < 1.29 is 22.7 Å². The van der Waals surface area contributed by atoms with Crippen LogP contribution in [0.1, 0.15) is 10.4 Å². The monoisotopic (exact) mass is 315 g/mol. The number of hydrogen-bond acceptors (Lipinski definition) is 2. The van der Waals surface area contributed by atoms with Crippen molar-refractivity contribution in [3.63, 3.8) is 0 Å². The van der Waals surface area contributed by atoms with E-state index in [4.69, 9.17) is 11.6 Å². The highest BCUT2D eigenvalue weighted by Crippen LogP contribution is 2.25. The molecule has 21 heavy (non-hydrogen) atoms. The van der Waals surface area contributed by atoms with Gasteiger partial charge in [0, 0.05) is 11.8 Å². The number of anilines is 1. The van der Waals surface area contributed by atoms with Gasteiger partial charge in [0.25, 0.3) is 5.91 Å². The van der Waals surface area contributed by atoms with Crippen molar-refractivity contribution in [1.29, 1.82) is 0 Å². The van der Waals surface area contributed by atoms with E-state index in [1.165, 1.54) is 18.2 Å².